The molecular weight excluding hydrogens is 436 g/mol. The maximum absolute atomic E-state index is 11.9. The molecule has 34 heavy (non-hydrogen) atoms. The second kappa shape index (κ2) is 12.1. The van der Waals surface area contributed by atoms with Crippen molar-refractivity contribution < 1.29 is 28.8 Å². The Morgan fingerprint density at radius 1 is 1.15 bits per heavy atom. The van der Waals surface area contributed by atoms with Gasteiger partial charge in [0, 0.05) is 37.3 Å². The molecule has 0 aromatic heterocycles. The number of rotatable bonds is 8. The molecule has 0 spiro atoms. The van der Waals surface area contributed by atoms with Gasteiger partial charge in [-0.25, -0.2) is 4.79 Å². The molecule has 0 aliphatic carbocycles. The summed E-state index contributed by atoms with van der Waals surface area (Å²) in [5.41, 5.74) is 3.31. The number of aliphatic hydroxyl groups is 1. The van der Waals surface area contributed by atoms with Crippen LogP contribution in [0.1, 0.15) is 35.5 Å². The molecule has 0 saturated carbocycles. The van der Waals surface area contributed by atoms with E-state index in [9.17, 15) is 9.90 Å². The van der Waals surface area contributed by atoms with Crippen molar-refractivity contribution in [1.82, 2.24) is 4.90 Å². The molecule has 2 heterocycles. The largest absolute Gasteiger partial charge is 0.445 e. The number of nitrogens with one attached hydrogen (secondary N) is 1. The molecule has 4 rings (SSSR count). The molecular formula is C26H32N2O6. The average Bonchev–Trinajstić information content (AvgIpc) is 2.88. The third-order valence-corrected chi connectivity index (χ3v) is 5.92. The van der Waals surface area contributed by atoms with Gasteiger partial charge in [0.05, 0.1) is 32.0 Å². The van der Waals surface area contributed by atoms with Gasteiger partial charge in [0.25, 0.3) is 0 Å². The standard InChI is InChI=1S/C26H32N2O6/c1-2-12-32-26(30)27-22-5-3-4-21(15-22)25-33-23(17-28-10-13-31-14-11-28)16-24(34-25)20-8-6-19(18-29)7-9-20/h2-9,15,23-25,29H,1,10-14,16-18H2,(H,27,30). The van der Waals surface area contributed by atoms with Crippen LogP contribution in [0, 0.1) is 0 Å². The molecule has 0 radical (unpaired) electrons. The summed E-state index contributed by atoms with van der Waals surface area (Å²) in [7, 11) is 0. The van der Waals surface area contributed by atoms with Crippen molar-refractivity contribution in [2.45, 2.75) is 31.5 Å². The van der Waals surface area contributed by atoms with E-state index in [1.54, 1.807) is 6.07 Å². The Hall–Kier alpha value is -2.75. The Morgan fingerprint density at radius 2 is 1.94 bits per heavy atom. The molecule has 2 saturated heterocycles. The van der Waals surface area contributed by atoms with Gasteiger partial charge in [0.2, 0.25) is 0 Å². The number of anilines is 1. The zero-order valence-corrected chi connectivity index (χ0v) is 19.2. The lowest BCUT2D eigenvalue weighted by Crippen LogP contribution is -2.44. The summed E-state index contributed by atoms with van der Waals surface area (Å²) in [6.07, 6.45) is 0.905. The smallest absolute Gasteiger partial charge is 0.411 e. The van der Waals surface area contributed by atoms with E-state index in [2.05, 4.69) is 16.8 Å². The van der Waals surface area contributed by atoms with Crippen LogP contribution >= 0.6 is 0 Å². The second-order valence-corrected chi connectivity index (χ2v) is 8.40. The molecule has 182 valence electrons. The summed E-state index contributed by atoms with van der Waals surface area (Å²) in [4.78, 5) is 14.3. The van der Waals surface area contributed by atoms with Crippen molar-refractivity contribution >= 4 is 11.8 Å². The first-order valence-corrected chi connectivity index (χ1v) is 11.6. The normalized spacial score (nSPS) is 23.3. The fourth-order valence-corrected chi connectivity index (χ4v) is 4.16. The monoisotopic (exact) mass is 468 g/mol. The van der Waals surface area contributed by atoms with E-state index in [4.69, 9.17) is 18.9 Å². The van der Waals surface area contributed by atoms with Crippen LogP contribution in [0.3, 0.4) is 0 Å². The minimum absolute atomic E-state index is 0.00617. The number of carbonyl (C=O) groups excluding carboxylic acids is 1. The highest BCUT2D eigenvalue weighted by Gasteiger charge is 2.33. The number of hydrogen-bond donors (Lipinski definition) is 2. The molecule has 2 fully saturated rings. The van der Waals surface area contributed by atoms with Crippen molar-refractivity contribution in [3.8, 4) is 0 Å². The third-order valence-electron chi connectivity index (χ3n) is 5.92. The molecule has 8 heteroatoms. The molecule has 3 unspecified atom stereocenters. The molecule has 2 aromatic carbocycles. The van der Waals surface area contributed by atoms with Crippen LogP contribution in [0.4, 0.5) is 10.5 Å². The Labute approximate surface area is 200 Å². The maximum atomic E-state index is 11.9. The third kappa shape index (κ3) is 6.65. The van der Waals surface area contributed by atoms with Gasteiger partial charge in [-0.1, -0.05) is 49.1 Å². The number of hydrogen-bond acceptors (Lipinski definition) is 7. The fraction of sp³-hybridized carbons (Fsp3) is 0.423. The predicted octanol–water partition coefficient (Wildman–Crippen LogP) is 3.79. The van der Waals surface area contributed by atoms with Gasteiger partial charge in [0.1, 0.15) is 6.61 Å². The Balaban J connectivity index is 1.51. The maximum Gasteiger partial charge on any atom is 0.411 e. The zero-order valence-electron chi connectivity index (χ0n) is 19.2. The lowest BCUT2D eigenvalue weighted by molar-refractivity contribution is -0.253. The molecule has 3 atom stereocenters. The first kappa shape index (κ1) is 24.4. The van der Waals surface area contributed by atoms with E-state index < -0.39 is 12.4 Å². The van der Waals surface area contributed by atoms with Gasteiger partial charge in [0.15, 0.2) is 6.29 Å². The van der Waals surface area contributed by atoms with E-state index >= 15 is 0 Å². The predicted molar refractivity (Wildman–Crippen MR) is 127 cm³/mol. The number of morpholine rings is 1. The van der Waals surface area contributed by atoms with Gasteiger partial charge in [-0.3, -0.25) is 10.2 Å². The van der Waals surface area contributed by atoms with Crippen molar-refractivity contribution in [3.05, 3.63) is 77.9 Å². The van der Waals surface area contributed by atoms with Crippen LogP contribution < -0.4 is 5.32 Å². The van der Waals surface area contributed by atoms with Crippen molar-refractivity contribution in [2.75, 3.05) is 44.8 Å². The summed E-state index contributed by atoms with van der Waals surface area (Å²) in [6.45, 7) is 7.71. The number of nitrogens with zero attached hydrogens (tertiary/aromatic N) is 1. The summed E-state index contributed by atoms with van der Waals surface area (Å²) in [5, 5.41) is 12.1. The van der Waals surface area contributed by atoms with Crippen molar-refractivity contribution in [3.63, 3.8) is 0 Å². The van der Waals surface area contributed by atoms with Crippen molar-refractivity contribution in [2.24, 2.45) is 0 Å². The van der Waals surface area contributed by atoms with Gasteiger partial charge in [-0.2, -0.15) is 0 Å². The van der Waals surface area contributed by atoms with Crippen LogP contribution in [0.15, 0.2) is 61.2 Å². The SMILES string of the molecule is C=CCOC(=O)Nc1cccc(C2OC(CN3CCOCC3)CC(c3ccc(CO)cc3)O2)c1. The van der Waals surface area contributed by atoms with Crippen LogP contribution in [-0.2, 0) is 25.6 Å². The average molecular weight is 469 g/mol. The molecule has 2 aliphatic heterocycles. The van der Waals surface area contributed by atoms with Crippen LogP contribution in [0.25, 0.3) is 0 Å². The van der Waals surface area contributed by atoms with Gasteiger partial charge >= 0.3 is 6.09 Å². The minimum atomic E-state index is -0.590. The topological polar surface area (TPSA) is 89.5 Å². The lowest BCUT2D eigenvalue weighted by Gasteiger charge is -2.39. The van der Waals surface area contributed by atoms with E-state index in [0.29, 0.717) is 5.69 Å². The van der Waals surface area contributed by atoms with Gasteiger partial charge in [-0.05, 0) is 23.3 Å². The number of ether oxygens (including phenoxy) is 4. The summed E-state index contributed by atoms with van der Waals surface area (Å²) >= 11 is 0. The molecule has 2 aromatic rings. The second-order valence-electron chi connectivity index (χ2n) is 8.40. The zero-order chi connectivity index (χ0) is 23.8. The number of benzene rings is 2. The van der Waals surface area contributed by atoms with Gasteiger partial charge in [-0.15, -0.1) is 0 Å². The highest BCUT2D eigenvalue weighted by atomic mass is 16.7. The quantitative estimate of drug-likeness (QED) is 0.570. The van der Waals surface area contributed by atoms with Crippen LogP contribution in [0.5, 0.6) is 0 Å². The molecule has 0 bridgehead atoms. The molecule has 1 amide bonds. The molecule has 8 nitrogen and oxygen atoms in total. The Bertz CT molecular complexity index is 945. The number of amides is 1. The highest BCUT2D eigenvalue weighted by molar-refractivity contribution is 5.84. The Kier molecular flexibility index (Phi) is 8.67. The summed E-state index contributed by atoms with van der Waals surface area (Å²) in [6, 6.07) is 15.2. The Morgan fingerprint density at radius 3 is 2.68 bits per heavy atom. The first-order chi connectivity index (χ1) is 16.6. The fourth-order valence-electron chi connectivity index (χ4n) is 4.16. The van der Waals surface area contributed by atoms with E-state index in [-0.39, 0.29) is 25.4 Å². The summed E-state index contributed by atoms with van der Waals surface area (Å²) < 4.78 is 23.3. The van der Waals surface area contributed by atoms with Crippen LogP contribution in [-0.4, -0.2) is 61.7 Å². The lowest BCUT2D eigenvalue weighted by atomic mass is 9.99. The summed E-state index contributed by atoms with van der Waals surface area (Å²) in [5.74, 6) is 0. The molecule has 2 aliphatic rings. The van der Waals surface area contributed by atoms with Gasteiger partial charge < -0.3 is 24.1 Å². The van der Waals surface area contributed by atoms with Crippen LogP contribution in [0.2, 0.25) is 0 Å². The highest BCUT2D eigenvalue weighted by Crippen LogP contribution is 2.38. The van der Waals surface area contributed by atoms with E-state index in [0.717, 1.165) is 56.0 Å². The number of aliphatic hydroxyl groups excluding tert-OH is 1. The molecule has 2 N–H and O–H groups in total. The number of carbonyl (C=O) groups is 1. The first-order valence-electron chi connectivity index (χ1n) is 11.6. The van der Waals surface area contributed by atoms with Crippen molar-refractivity contribution in [1.29, 1.82) is 0 Å². The van der Waals surface area contributed by atoms with E-state index in [1.807, 2.05) is 42.5 Å². The van der Waals surface area contributed by atoms with E-state index in [1.165, 1.54) is 6.08 Å². The minimum Gasteiger partial charge on any atom is -0.445 e.